The molecule has 16 heavy (non-hydrogen) atoms. The third-order valence-corrected chi connectivity index (χ3v) is 2.41. The van der Waals surface area contributed by atoms with E-state index in [-0.39, 0.29) is 12.5 Å². The Hall–Kier alpha value is -1.42. The molecule has 0 aliphatic carbocycles. The van der Waals surface area contributed by atoms with E-state index in [1.54, 1.807) is 18.1 Å². The summed E-state index contributed by atoms with van der Waals surface area (Å²) in [5.74, 6) is 0.0741. The minimum atomic E-state index is 0.0164. The summed E-state index contributed by atoms with van der Waals surface area (Å²) in [6.45, 7) is 0.422. The summed E-state index contributed by atoms with van der Waals surface area (Å²) in [6.07, 6.45) is 3.88. The molecule has 0 saturated heterocycles. The first kappa shape index (κ1) is 12.6. The van der Waals surface area contributed by atoms with Crippen LogP contribution in [0.25, 0.3) is 0 Å². The molecule has 1 N–H and O–H groups in total. The lowest BCUT2D eigenvalue weighted by Gasteiger charge is -2.15. The van der Waals surface area contributed by atoms with Gasteiger partial charge >= 0.3 is 0 Å². The number of nitrogens with zero attached hydrogens (tertiary/aromatic N) is 2. The maximum Gasteiger partial charge on any atom is 0.222 e. The van der Waals surface area contributed by atoms with Gasteiger partial charge in [0.25, 0.3) is 0 Å². The Morgan fingerprint density at radius 3 is 2.94 bits per heavy atom. The summed E-state index contributed by atoms with van der Waals surface area (Å²) >= 11 is 0. The lowest BCUT2D eigenvalue weighted by Crippen LogP contribution is -2.29. The molecule has 0 radical (unpaired) electrons. The molecule has 0 unspecified atom stereocenters. The number of aliphatic hydroxyl groups is 1. The van der Waals surface area contributed by atoms with Crippen LogP contribution in [-0.2, 0) is 11.2 Å². The first-order valence-corrected chi connectivity index (χ1v) is 5.48. The zero-order valence-corrected chi connectivity index (χ0v) is 9.59. The Kier molecular flexibility index (Phi) is 5.50. The molecule has 0 fully saturated rings. The third-order valence-electron chi connectivity index (χ3n) is 2.41. The predicted molar refractivity (Wildman–Crippen MR) is 61.9 cm³/mol. The maximum atomic E-state index is 11.5. The van der Waals surface area contributed by atoms with Crippen LogP contribution < -0.4 is 0 Å². The van der Waals surface area contributed by atoms with E-state index in [4.69, 9.17) is 5.11 Å². The normalized spacial score (nSPS) is 10.1. The van der Waals surface area contributed by atoms with Gasteiger partial charge in [-0.05, 0) is 25.0 Å². The van der Waals surface area contributed by atoms with Crippen molar-refractivity contribution in [3.63, 3.8) is 0 Å². The summed E-state index contributed by atoms with van der Waals surface area (Å²) in [4.78, 5) is 17.3. The van der Waals surface area contributed by atoms with Crippen molar-refractivity contribution >= 4 is 5.91 Å². The summed E-state index contributed by atoms with van der Waals surface area (Å²) < 4.78 is 0. The number of hydrogen-bond acceptors (Lipinski definition) is 3. The number of pyridine rings is 1. The first-order chi connectivity index (χ1) is 7.74. The number of carbonyl (C=O) groups excluding carboxylic acids is 1. The molecule has 1 rings (SSSR count). The second-order valence-electron chi connectivity index (χ2n) is 3.71. The molecule has 4 nitrogen and oxygen atoms in total. The van der Waals surface area contributed by atoms with E-state index in [2.05, 4.69) is 4.98 Å². The van der Waals surface area contributed by atoms with E-state index < -0.39 is 0 Å². The van der Waals surface area contributed by atoms with Crippen molar-refractivity contribution in [3.05, 3.63) is 30.1 Å². The highest BCUT2D eigenvalue weighted by Gasteiger charge is 2.07. The number of carbonyl (C=O) groups is 1. The molecule has 0 aliphatic rings. The van der Waals surface area contributed by atoms with Crippen LogP contribution in [0.2, 0.25) is 0 Å². The van der Waals surface area contributed by atoms with Crippen LogP contribution in [0.3, 0.4) is 0 Å². The number of aliphatic hydroxyl groups excluding tert-OH is 1. The lowest BCUT2D eigenvalue weighted by atomic mass is 10.1. The van der Waals surface area contributed by atoms with Crippen LogP contribution in [0.5, 0.6) is 0 Å². The van der Waals surface area contributed by atoms with Gasteiger partial charge in [-0.3, -0.25) is 9.78 Å². The van der Waals surface area contributed by atoms with E-state index in [0.717, 1.165) is 18.5 Å². The topological polar surface area (TPSA) is 53.4 Å². The second-order valence-corrected chi connectivity index (χ2v) is 3.71. The predicted octanol–water partition coefficient (Wildman–Crippen LogP) is 0.855. The standard InChI is InChI=1S/C12H18N2O2/c1-14(9-10-15)12(16)7-4-6-11-5-2-3-8-13-11/h2-3,5,8,15H,4,6-7,9-10H2,1H3. The molecule has 0 aliphatic heterocycles. The Morgan fingerprint density at radius 2 is 2.31 bits per heavy atom. The van der Waals surface area contributed by atoms with E-state index in [1.807, 2.05) is 18.2 Å². The Labute approximate surface area is 95.9 Å². The monoisotopic (exact) mass is 222 g/mol. The van der Waals surface area contributed by atoms with Crippen LogP contribution >= 0.6 is 0 Å². The quantitative estimate of drug-likeness (QED) is 0.776. The molecular formula is C12H18N2O2. The molecule has 0 atom stereocenters. The molecule has 0 saturated carbocycles. The van der Waals surface area contributed by atoms with Crippen molar-refractivity contribution in [2.45, 2.75) is 19.3 Å². The van der Waals surface area contributed by atoms with Crippen molar-refractivity contribution < 1.29 is 9.90 Å². The van der Waals surface area contributed by atoms with Crippen molar-refractivity contribution in [2.24, 2.45) is 0 Å². The summed E-state index contributed by atoms with van der Waals surface area (Å²) in [6, 6.07) is 5.79. The fourth-order valence-electron chi connectivity index (χ4n) is 1.43. The van der Waals surface area contributed by atoms with Crippen LogP contribution in [-0.4, -0.2) is 41.1 Å². The number of aryl methyl sites for hydroxylation is 1. The van der Waals surface area contributed by atoms with Gasteiger partial charge in [0.2, 0.25) is 5.91 Å². The van der Waals surface area contributed by atoms with Crippen molar-refractivity contribution in [3.8, 4) is 0 Å². The van der Waals surface area contributed by atoms with Crippen molar-refractivity contribution in [2.75, 3.05) is 20.2 Å². The summed E-state index contributed by atoms with van der Waals surface area (Å²) in [5.41, 5.74) is 1.01. The zero-order chi connectivity index (χ0) is 11.8. The van der Waals surface area contributed by atoms with E-state index in [9.17, 15) is 4.79 Å². The Bertz CT molecular complexity index is 314. The third kappa shape index (κ3) is 4.40. The smallest absolute Gasteiger partial charge is 0.222 e. The average molecular weight is 222 g/mol. The maximum absolute atomic E-state index is 11.5. The van der Waals surface area contributed by atoms with Crippen LogP contribution in [0.1, 0.15) is 18.5 Å². The summed E-state index contributed by atoms with van der Waals surface area (Å²) in [7, 11) is 1.71. The minimum absolute atomic E-state index is 0.0164. The number of likely N-dealkylation sites (N-methyl/N-ethyl adjacent to an activating group) is 1. The fraction of sp³-hybridized carbons (Fsp3) is 0.500. The molecule has 88 valence electrons. The number of aromatic nitrogens is 1. The van der Waals surface area contributed by atoms with Crippen LogP contribution in [0, 0.1) is 0 Å². The van der Waals surface area contributed by atoms with Gasteiger partial charge in [-0.1, -0.05) is 6.07 Å². The number of amides is 1. The molecule has 0 spiro atoms. The summed E-state index contributed by atoms with van der Waals surface area (Å²) in [5, 5.41) is 8.69. The molecule has 0 bridgehead atoms. The SMILES string of the molecule is CN(CCO)C(=O)CCCc1ccccn1. The van der Waals surface area contributed by atoms with Gasteiger partial charge in [-0.15, -0.1) is 0 Å². The van der Waals surface area contributed by atoms with Gasteiger partial charge in [0.15, 0.2) is 0 Å². The second kappa shape index (κ2) is 6.95. The molecule has 4 heteroatoms. The van der Waals surface area contributed by atoms with Gasteiger partial charge in [0.05, 0.1) is 6.61 Å². The van der Waals surface area contributed by atoms with Gasteiger partial charge in [-0.2, -0.15) is 0 Å². The van der Waals surface area contributed by atoms with Crippen LogP contribution in [0.4, 0.5) is 0 Å². The largest absolute Gasteiger partial charge is 0.395 e. The van der Waals surface area contributed by atoms with Gasteiger partial charge in [-0.25, -0.2) is 0 Å². The molecule has 1 heterocycles. The van der Waals surface area contributed by atoms with Crippen molar-refractivity contribution in [1.29, 1.82) is 0 Å². The van der Waals surface area contributed by atoms with Gasteiger partial charge < -0.3 is 10.0 Å². The van der Waals surface area contributed by atoms with Gasteiger partial charge in [0, 0.05) is 31.9 Å². The molecular weight excluding hydrogens is 204 g/mol. The zero-order valence-electron chi connectivity index (χ0n) is 9.59. The van der Waals surface area contributed by atoms with Gasteiger partial charge in [0.1, 0.15) is 0 Å². The minimum Gasteiger partial charge on any atom is -0.395 e. The molecule has 1 amide bonds. The Morgan fingerprint density at radius 1 is 1.50 bits per heavy atom. The average Bonchev–Trinajstić information content (AvgIpc) is 2.30. The van der Waals surface area contributed by atoms with E-state index in [0.29, 0.717) is 13.0 Å². The molecule has 0 aromatic carbocycles. The van der Waals surface area contributed by atoms with E-state index in [1.165, 1.54) is 0 Å². The first-order valence-electron chi connectivity index (χ1n) is 5.48. The van der Waals surface area contributed by atoms with Crippen molar-refractivity contribution in [1.82, 2.24) is 9.88 Å². The molecule has 1 aromatic heterocycles. The van der Waals surface area contributed by atoms with E-state index >= 15 is 0 Å². The highest BCUT2D eigenvalue weighted by molar-refractivity contribution is 5.75. The highest BCUT2D eigenvalue weighted by Crippen LogP contribution is 2.02. The van der Waals surface area contributed by atoms with Crippen LogP contribution in [0.15, 0.2) is 24.4 Å². The number of hydrogen-bond donors (Lipinski definition) is 1. The molecule has 1 aromatic rings. The highest BCUT2D eigenvalue weighted by atomic mass is 16.3. The number of rotatable bonds is 6. The lowest BCUT2D eigenvalue weighted by molar-refractivity contribution is -0.130. The Balaban J connectivity index is 2.23. The fourth-order valence-corrected chi connectivity index (χ4v) is 1.43.